The van der Waals surface area contributed by atoms with Crippen LogP contribution < -0.4 is 14.7 Å². The van der Waals surface area contributed by atoms with Crippen molar-refractivity contribution in [2.75, 3.05) is 54.0 Å². The first-order valence-corrected chi connectivity index (χ1v) is 19.6. The molecule has 3 nitrogen and oxygen atoms in total. The molecule has 0 heterocycles. The van der Waals surface area contributed by atoms with Crippen molar-refractivity contribution >= 4 is 17.1 Å². The number of benzene rings is 3. The van der Waals surface area contributed by atoms with Crippen molar-refractivity contribution in [3.8, 4) is 0 Å². The number of aryl methyl sites for hydroxylation is 3. The van der Waals surface area contributed by atoms with Gasteiger partial charge in [0.1, 0.15) is 0 Å². The van der Waals surface area contributed by atoms with E-state index >= 15 is 0 Å². The van der Waals surface area contributed by atoms with Crippen molar-refractivity contribution in [3.63, 3.8) is 0 Å². The Morgan fingerprint density at radius 3 is 0.900 bits per heavy atom. The molecule has 4 heteroatoms. The van der Waals surface area contributed by atoms with E-state index in [1.807, 2.05) is 0 Å². The van der Waals surface area contributed by atoms with E-state index in [1.165, 1.54) is 46.3 Å². The molecular weight excluding hydrogens is 519 g/mol. The molecule has 0 saturated heterocycles. The van der Waals surface area contributed by atoms with E-state index < -0.39 is 21.4 Å². The SMILES string of the molecule is CCN(CC)c1ccc(C)cc1[CH2][Sc]([CH2]c1cc(C)ccc1N(CC)CC)[CH2]c1cc(C)ccc1N(CC)CC. The Balaban J connectivity index is 2.13. The Morgan fingerprint density at radius 1 is 0.425 bits per heavy atom. The zero-order chi connectivity index (χ0) is 29.2. The van der Waals surface area contributed by atoms with Gasteiger partial charge in [-0.15, -0.1) is 0 Å². The maximum absolute atomic E-state index is 2.55. The van der Waals surface area contributed by atoms with Gasteiger partial charge in [0, 0.05) is 0 Å². The van der Waals surface area contributed by atoms with Crippen molar-refractivity contribution in [3.05, 3.63) is 88.0 Å². The summed E-state index contributed by atoms with van der Waals surface area (Å²) in [5.74, 6) is 0. The summed E-state index contributed by atoms with van der Waals surface area (Å²) in [5.41, 5.74) is 13.2. The fourth-order valence-corrected chi connectivity index (χ4v) is 11.5. The van der Waals surface area contributed by atoms with E-state index in [4.69, 9.17) is 0 Å². The molecule has 0 saturated carbocycles. The first-order valence-electron chi connectivity index (χ1n) is 15.8. The minimum absolute atomic E-state index is 1.05. The molecule has 0 aliphatic heterocycles. The molecule has 0 atom stereocenters. The van der Waals surface area contributed by atoms with Crippen LogP contribution in [0.5, 0.6) is 0 Å². The van der Waals surface area contributed by atoms with Crippen LogP contribution in [0.1, 0.15) is 74.9 Å². The van der Waals surface area contributed by atoms with E-state index in [1.54, 1.807) is 16.7 Å². The molecule has 0 spiro atoms. The van der Waals surface area contributed by atoms with Gasteiger partial charge in [-0.1, -0.05) is 0 Å². The molecule has 0 N–H and O–H groups in total. The van der Waals surface area contributed by atoms with Crippen molar-refractivity contribution in [2.24, 2.45) is 0 Å². The Morgan fingerprint density at radius 2 is 0.675 bits per heavy atom. The topological polar surface area (TPSA) is 9.72 Å². The maximum atomic E-state index is 2.55. The van der Waals surface area contributed by atoms with Gasteiger partial charge in [-0.05, 0) is 0 Å². The molecule has 0 amide bonds. The van der Waals surface area contributed by atoms with Gasteiger partial charge in [-0.25, -0.2) is 0 Å². The Hall–Kier alpha value is -2.07. The van der Waals surface area contributed by atoms with E-state index in [2.05, 4.69) is 132 Å². The zero-order valence-electron chi connectivity index (χ0n) is 27.0. The van der Waals surface area contributed by atoms with E-state index in [9.17, 15) is 0 Å². The first kappa shape index (κ1) is 32.4. The number of rotatable bonds is 15. The molecule has 40 heavy (non-hydrogen) atoms. The van der Waals surface area contributed by atoms with E-state index in [0.29, 0.717) is 0 Å². The Bertz CT molecular complexity index is 1060. The van der Waals surface area contributed by atoms with Gasteiger partial charge in [0.2, 0.25) is 0 Å². The van der Waals surface area contributed by atoms with Crippen molar-refractivity contribution in [1.82, 2.24) is 0 Å². The number of hydrogen-bond donors (Lipinski definition) is 0. The van der Waals surface area contributed by atoms with Gasteiger partial charge in [0.25, 0.3) is 0 Å². The zero-order valence-corrected chi connectivity index (χ0v) is 28.8. The molecule has 0 bridgehead atoms. The van der Waals surface area contributed by atoms with Crippen LogP contribution in [-0.4, -0.2) is 39.3 Å². The molecular formula is C36H54N3Sc. The van der Waals surface area contributed by atoms with Gasteiger partial charge < -0.3 is 0 Å². The molecule has 3 aromatic rings. The molecule has 3 aromatic carbocycles. The van der Waals surface area contributed by atoms with Crippen molar-refractivity contribution < 1.29 is 21.4 Å². The number of nitrogens with zero attached hydrogens (tertiary/aromatic N) is 3. The fourth-order valence-electron chi connectivity index (χ4n) is 6.40. The second-order valence-electron chi connectivity index (χ2n) is 11.4. The molecule has 3 rings (SSSR count). The normalized spacial score (nSPS) is 11.0. The summed E-state index contributed by atoms with van der Waals surface area (Å²) in [6.07, 6.45) is 0. The number of hydrogen-bond acceptors (Lipinski definition) is 3. The predicted molar refractivity (Wildman–Crippen MR) is 175 cm³/mol. The second-order valence-corrected chi connectivity index (χ2v) is 16.0. The fraction of sp³-hybridized carbons (Fsp3) is 0.500. The van der Waals surface area contributed by atoms with Crippen LogP contribution in [0.15, 0.2) is 54.6 Å². The summed E-state index contributed by atoms with van der Waals surface area (Å²) in [7, 11) is 0. The summed E-state index contributed by atoms with van der Waals surface area (Å²) in [6.45, 7) is 26.8. The third kappa shape index (κ3) is 8.24. The van der Waals surface area contributed by atoms with Crippen LogP contribution in [0.4, 0.5) is 17.1 Å². The molecule has 0 aliphatic carbocycles. The quantitative estimate of drug-likeness (QED) is 0.180. The molecule has 0 aliphatic rings. The Labute approximate surface area is 254 Å². The van der Waals surface area contributed by atoms with Gasteiger partial charge >= 0.3 is 255 Å². The van der Waals surface area contributed by atoms with Gasteiger partial charge in [0.05, 0.1) is 0 Å². The molecule has 0 unspecified atom stereocenters. The van der Waals surface area contributed by atoms with Crippen molar-refractivity contribution in [1.29, 1.82) is 0 Å². The minimum atomic E-state index is -1.97. The summed E-state index contributed by atoms with van der Waals surface area (Å²) >= 11 is -1.97. The van der Waals surface area contributed by atoms with Gasteiger partial charge in [-0.3, -0.25) is 0 Å². The van der Waals surface area contributed by atoms with Crippen LogP contribution in [-0.2, 0) is 34.0 Å². The van der Waals surface area contributed by atoms with E-state index in [0.717, 1.165) is 39.3 Å². The number of anilines is 3. The van der Waals surface area contributed by atoms with Gasteiger partial charge in [-0.2, -0.15) is 0 Å². The molecule has 0 radical (unpaired) electrons. The average molecular weight is 574 g/mol. The van der Waals surface area contributed by atoms with Crippen LogP contribution in [0.3, 0.4) is 0 Å². The first-order chi connectivity index (χ1) is 19.3. The monoisotopic (exact) mass is 573 g/mol. The van der Waals surface area contributed by atoms with Crippen LogP contribution in [0.2, 0.25) is 0 Å². The van der Waals surface area contributed by atoms with Crippen LogP contribution in [0, 0.1) is 20.8 Å². The summed E-state index contributed by atoms with van der Waals surface area (Å²) in [6, 6.07) is 21.6. The van der Waals surface area contributed by atoms with Crippen LogP contribution in [0.25, 0.3) is 0 Å². The van der Waals surface area contributed by atoms with Crippen LogP contribution >= 0.6 is 0 Å². The third-order valence-electron chi connectivity index (χ3n) is 8.54. The molecule has 0 fully saturated rings. The predicted octanol–water partition coefficient (Wildman–Crippen LogP) is 8.67. The van der Waals surface area contributed by atoms with E-state index in [-0.39, 0.29) is 0 Å². The standard InChI is InChI=1S/3C12H18N.Sc/c3*1-5-13(6-2)12-8-7-10(3)9-11(12)4;/h3*7-9H,4-6H2,1-3H3;. The summed E-state index contributed by atoms with van der Waals surface area (Å²) in [5, 5.41) is 0. The summed E-state index contributed by atoms with van der Waals surface area (Å²) in [4.78, 5) is 7.65. The third-order valence-corrected chi connectivity index (χ3v) is 13.3. The molecule has 0 aromatic heterocycles. The second kappa shape index (κ2) is 15.8. The molecule has 216 valence electrons. The Kier molecular flexibility index (Phi) is 12.8. The van der Waals surface area contributed by atoms with Crippen molar-refractivity contribution in [2.45, 2.75) is 74.8 Å². The summed E-state index contributed by atoms with van der Waals surface area (Å²) < 4.78 is 3.79. The van der Waals surface area contributed by atoms with Gasteiger partial charge in [0.15, 0.2) is 0 Å². The average Bonchev–Trinajstić information content (AvgIpc) is 2.94.